The number of hydrogen-bond donors (Lipinski definition) is 0. The molecule has 0 bridgehead atoms. The summed E-state index contributed by atoms with van der Waals surface area (Å²) >= 11 is 3.48. The highest BCUT2D eigenvalue weighted by atomic mass is 79.9. The number of carbonyl (C=O) groups is 2. The molecule has 4 nitrogen and oxygen atoms in total. The summed E-state index contributed by atoms with van der Waals surface area (Å²) in [6, 6.07) is 13.7. The molecule has 3 rings (SSSR count). The number of amides is 1. The second-order valence-corrected chi connectivity index (χ2v) is 8.21. The smallest absolute Gasteiger partial charge is 0.222 e. The summed E-state index contributed by atoms with van der Waals surface area (Å²) in [4.78, 5) is 27.1. The molecule has 0 unspecified atom stereocenters. The van der Waals surface area contributed by atoms with E-state index < -0.39 is 0 Å². The van der Waals surface area contributed by atoms with Crippen LogP contribution in [-0.2, 0) is 11.2 Å². The van der Waals surface area contributed by atoms with Crippen molar-refractivity contribution in [2.75, 3.05) is 20.2 Å². The predicted octanol–water partition coefficient (Wildman–Crippen LogP) is 4.82. The van der Waals surface area contributed by atoms with E-state index in [0.29, 0.717) is 25.9 Å². The van der Waals surface area contributed by atoms with Crippen LogP contribution in [0.3, 0.4) is 0 Å². The number of methoxy groups -OCH3 is 1. The van der Waals surface area contributed by atoms with Gasteiger partial charge in [0.2, 0.25) is 5.91 Å². The molecule has 0 atom stereocenters. The molecule has 1 saturated heterocycles. The molecule has 28 heavy (non-hydrogen) atoms. The number of ketones is 1. The quantitative estimate of drug-likeness (QED) is 0.601. The number of halogens is 1. The van der Waals surface area contributed by atoms with E-state index >= 15 is 0 Å². The number of ether oxygens (including phenoxy) is 1. The van der Waals surface area contributed by atoms with Gasteiger partial charge in [0, 0.05) is 31.0 Å². The van der Waals surface area contributed by atoms with Crippen LogP contribution in [0.25, 0.3) is 0 Å². The van der Waals surface area contributed by atoms with Gasteiger partial charge in [-0.3, -0.25) is 9.59 Å². The Morgan fingerprint density at radius 2 is 1.79 bits per heavy atom. The zero-order valence-electron chi connectivity index (χ0n) is 16.4. The van der Waals surface area contributed by atoms with Gasteiger partial charge >= 0.3 is 0 Å². The van der Waals surface area contributed by atoms with Crippen molar-refractivity contribution in [3.63, 3.8) is 0 Å². The molecular formula is C23H26BrNO3. The van der Waals surface area contributed by atoms with Gasteiger partial charge in [0.15, 0.2) is 5.78 Å². The van der Waals surface area contributed by atoms with E-state index in [2.05, 4.69) is 15.9 Å². The van der Waals surface area contributed by atoms with Gasteiger partial charge in [-0.1, -0.05) is 35.9 Å². The molecule has 0 saturated carbocycles. The number of hydrogen-bond acceptors (Lipinski definition) is 3. The standard InChI is InChI=1S/C23H26BrNO3/c1-16-3-7-18(8-4-16)23(27)19-11-13-25(14-12-19)22(26)10-6-17-5-9-21(28-2)20(24)15-17/h3-5,7-9,15,19H,6,10-14H2,1-2H3. The molecule has 0 radical (unpaired) electrons. The van der Waals surface area contributed by atoms with Crippen molar-refractivity contribution in [2.24, 2.45) is 5.92 Å². The van der Waals surface area contributed by atoms with Crippen molar-refractivity contribution < 1.29 is 14.3 Å². The van der Waals surface area contributed by atoms with Crippen LogP contribution in [0.5, 0.6) is 5.75 Å². The Kier molecular flexibility index (Phi) is 6.89. The number of benzene rings is 2. The van der Waals surface area contributed by atoms with Gasteiger partial charge in [-0.05, 0) is 59.8 Å². The molecule has 1 aliphatic heterocycles. The minimum absolute atomic E-state index is 0.0179. The normalized spacial score (nSPS) is 14.8. The first-order valence-electron chi connectivity index (χ1n) is 9.69. The van der Waals surface area contributed by atoms with Gasteiger partial charge in [-0.2, -0.15) is 0 Å². The third-order valence-electron chi connectivity index (χ3n) is 5.40. The van der Waals surface area contributed by atoms with Gasteiger partial charge in [0.1, 0.15) is 5.75 Å². The Labute approximate surface area is 175 Å². The predicted molar refractivity (Wildman–Crippen MR) is 114 cm³/mol. The molecule has 1 heterocycles. The average Bonchev–Trinajstić information content (AvgIpc) is 2.72. The lowest BCUT2D eigenvalue weighted by Gasteiger charge is -2.31. The first-order chi connectivity index (χ1) is 13.5. The number of likely N-dealkylation sites (tertiary alicyclic amines) is 1. The maximum atomic E-state index is 12.7. The largest absolute Gasteiger partial charge is 0.496 e. The summed E-state index contributed by atoms with van der Waals surface area (Å²) < 4.78 is 6.14. The minimum atomic E-state index is 0.0179. The number of piperidine rings is 1. The number of carbonyl (C=O) groups excluding carboxylic acids is 2. The van der Waals surface area contributed by atoms with E-state index in [4.69, 9.17) is 4.74 Å². The van der Waals surface area contributed by atoms with Gasteiger partial charge in [0.05, 0.1) is 11.6 Å². The molecule has 2 aromatic rings. The van der Waals surface area contributed by atoms with E-state index in [1.807, 2.05) is 54.3 Å². The van der Waals surface area contributed by atoms with E-state index in [1.54, 1.807) is 7.11 Å². The first-order valence-corrected chi connectivity index (χ1v) is 10.5. The van der Waals surface area contributed by atoms with Gasteiger partial charge in [0.25, 0.3) is 0 Å². The van der Waals surface area contributed by atoms with Crippen LogP contribution >= 0.6 is 15.9 Å². The van der Waals surface area contributed by atoms with Gasteiger partial charge < -0.3 is 9.64 Å². The monoisotopic (exact) mass is 443 g/mol. The van der Waals surface area contributed by atoms with Crippen LogP contribution < -0.4 is 4.74 Å². The fourth-order valence-corrected chi connectivity index (χ4v) is 4.21. The second-order valence-electron chi connectivity index (χ2n) is 7.35. The summed E-state index contributed by atoms with van der Waals surface area (Å²) in [5.41, 5.74) is 3.03. The summed E-state index contributed by atoms with van der Waals surface area (Å²) in [5, 5.41) is 0. The van der Waals surface area contributed by atoms with E-state index in [0.717, 1.165) is 39.8 Å². The Balaban J connectivity index is 1.49. The van der Waals surface area contributed by atoms with Crippen molar-refractivity contribution in [3.8, 4) is 5.75 Å². The topological polar surface area (TPSA) is 46.6 Å². The number of nitrogens with zero attached hydrogens (tertiary/aromatic N) is 1. The first kappa shape index (κ1) is 20.6. The maximum Gasteiger partial charge on any atom is 0.222 e. The van der Waals surface area contributed by atoms with Crippen LogP contribution in [0, 0.1) is 12.8 Å². The average molecular weight is 444 g/mol. The lowest BCUT2D eigenvalue weighted by atomic mass is 9.88. The van der Waals surface area contributed by atoms with E-state index in [1.165, 1.54) is 0 Å². The molecule has 0 spiro atoms. The summed E-state index contributed by atoms with van der Waals surface area (Å²) in [5.74, 6) is 1.17. The van der Waals surface area contributed by atoms with Crippen LogP contribution in [-0.4, -0.2) is 36.8 Å². The Hall–Kier alpha value is -2.14. The third-order valence-corrected chi connectivity index (χ3v) is 6.02. The zero-order valence-corrected chi connectivity index (χ0v) is 18.0. The lowest BCUT2D eigenvalue weighted by molar-refractivity contribution is -0.132. The van der Waals surface area contributed by atoms with E-state index in [9.17, 15) is 9.59 Å². The summed E-state index contributed by atoms with van der Waals surface area (Å²) in [6.07, 6.45) is 2.66. The van der Waals surface area contributed by atoms with E-state index in [-0.39, 0.29) is 17.6 Å². The fraction of sp³-hybridized carbons (Fsp3) is 0.391. The van der Waals surface area contributed by atoms with Crippen molar-refractivity contribution in [1.82, 2.24) is 4.90 Å². The molecular weight excluding hydrogens is 418 g/mol. The second kappa shape index (κ2) is 9.37. The number of aryl methyl sites for hydroxylation is 2. The highest BCUT2D eigenvalue weighted by molar-refractivity contribution is 9.10. The van der Waals surface area contributed by atoms with Crippen molar-refractivity contribution in [3.05, 3.63) is 63.6 Å². The van der Waals surface area contributed by atoms with Crippen LogP contribution in [0.2, 0.25) is 0 Å². The highest BCUT2D eigenvalue weighted by Crippen LogP contribution is 2.26. The number of rotatable bonds is 6. The zero-order chi connectivity index (χ0) is 20.1. The fourth-order valence-electron chi connectivity index (χ4n) is 3.62. The van der Waals surface area contributed by atoms with Gasteiger partial charge in [-0.25, -0.2) is 0 Å². The molecule has 0 aliphatic carbocycles. The van der Waals surface area contributed by atoms with Crippen molar-refractivity contribution in [1.29, 1.82) is 0 Å². The molecule has 1 aliphatic rings. The van der Waals surface area contributed by atoms with Crippen molar-refractivity contribution in [2.45, 2.75) is 32.6 Å². The SMILES string of the molecule is COc1ccc(CCC(=O)N2CCC(C(=O)c3ccc(C)cc3)CC2)cc1Br. The molecule has 0 N–H and O–H groups in total. The molecule has 2 aromatic carbocycles. The van der Waals surface area contributed by atoms with Crippen molar-refractivity contribution >= 4 is 27.6 Å². The molecule has 1 amide bonds. The maximum absolute atomic E-state index is 12.7. The summed E-state index contributed by atoms with van der Waals surface area (Å²) in [7, 11) is 1.64. The van der Waals surface area contributed by atoms with Crippen LogP contribution in [0.1, 0.15) is 40.7 Å². The third kappa shape index (κ3) is 5.02. The number of Topliss-reactive ketones (excluding diaryl/α,β-unsaturated/α-hetero) is 1. The van der Waals surface area contributed by atoms with Crippen LogP contribution in [0.15, 0.2) is 46.9 Å². The minimum Gasteiger partial charge on any atom is -0.496 e. The molecule has 0 aromatic heterocycles. The molecule has 1 fully saturated rings. The van der Waals surface area contributed by atoms with Crippen LogP contribution in [0.4, 0.5) is 0 Å². The van der Waals surface area contributed by atoms with Gasteiger partial charge in [-0.15, -0.1) is 0 Å². The Bertz CT molecular complexity index is 839. The highest BCUT2D eigenvalue weighted by Gasteiger charge is 2.27. The Morgan fingerprint density at radius 3 is 2.39 bits per heavy atom. The summed E-state index contributed by atoms with van der Waals surface area (Å²) in [6.45, 7) is 3.34. The lowest BCUT2D eigenvalue weighted by Crippen LogP contribution is -2.40. The molecule has 5 heteroatoms. The Morgan fingerprint density at radius 1 is 1.11 bits per heavy atom. The molecule has 148 valence electrons.